The van der Waals surface area contributed by atoms with E-state index in [1.54, 1.807) is 10.4 Å². The summed E-state index contributed by atoms with van der Waals surface area (Å²) in [6.45, 7) is 3.07. The van der Waals surface area contributed by atoms with E-state index >= 15 is 0 Å². The van der Waals surface area contributed by atoms with Crippen LogP contribution in [0, 0.1) is 6.92 Å². The molecular weight excluding hydrogens is 296 g/mol. The molecule has 1 unspecified atom stereocenters. The number of thiophene rings is 1. The van der Waals surface area contributed by atoms with Crippen LogP contribution in [0.4, 0.5) is 0 Å². The first-order valence-corrected chi connectivity index (χ1v) is 8.98. The SMILES string of the molecule is Cc1cc(S(=O)(=O)N2CCCC2CN(C)C)sc1CO. The number of likely N-dealkylation sites (N-methyl/N-ethyl adjacent to an activating group) is 1. The minimum atomic E-state index is -3.43. The van der Waals surface area contributed by atoms with Crippen molar-refractivity contribution in [1.29, 1.82) is 0 Å². The number of aryl methyl sites for hydroxylation is 1. The van der Waals surface area contributed by atoms with Crippen LogP contribution in [0.1, 0.15) is 23.3 Å². The summed E-state index contributed by atoms with van der Waals surface area (Å²) in [5.74, 6) is 0. The molecule has 0 amide bonds. The second kappa shape index (κ2) is 6.11. The Balaban J connectivity index is 2.28. The zero-order valence-corrected chi connectivity index (χ0v) is 13.8. The van der Waals surface area contributed by atoms with Crippen molar-refractivity contribution in [1.82, 2.24) is 9.21 Å². The number of rotatable bonds is 5. The summed E-state index contributed by atoms with van der Waals surface area (Å²) in [7, 11) is 0.490. The van der Waals surface area contributed by atoms with Gasteiger partial charge in [-0.05, 0) is 45.5 Å². The van der Waals surface area contributed by atoms with Crippen molar-refractivity contribution >= 4 is 21.4 Å². The van der Waals surface area contributed by atoms with E-state index in [1.807, 2.05) is 25.9 Å². The molecule has 0 aromatic carbocycles. The number of sulfonamides is 1. The third-order valence-electron chi connectivity index (χ3n) is 3.60. The Hall–Kier alpha value is -0.470. The average molecular weight is 318 g/mol. The molecule has 1 N–H and O–H groups in total. The van der Waals surface area contributed by atoms with E-state index in [1.165, 1.54) is 11.3 Å². The van der Waals surface area contributed by atoms with Crippen LogP contribution in [0.15, 0.2) is 10.3 Å². The molecule has 0 saturated carbocycles. The first-order chi connectivity index (χ1) is 9.36. The summed E-state index contributed by atoms with van der Waals surface area (Å²) in [6, 6.07) is 1.73. The molecule has 5 nitrogen and oxygen atoms in total. The molecule has 1 saturated heterocycles. The third-order valence-corrected chi connectivity index (χ3v) is 7.23. The van der Waals surface area contributed by atoms with Crippen LogP contribution in [0.2, 0.25) is 0 Å². The van der Waals surface area contributed by atoms with Crippen molar-refractivity contribution in [2.45, 2.75) is 36.6 Å². The van der Waals surface area contributed by atoms with Crippen LogP contribution in [0.5, 0.6) is 0 Å². The Morgan fingerprint density at radius 2 is 2.20 bits per heavy atom. The highest BCUT2D eigenvalue weighted by atomic mass is 32.2. The van der Waals surface area contributed by atoms with Crippen LogP contribution in [0.25, 0.3) is 0 Å². The van der Waals surface area contributed by atoms with Gasteiger partial charge in [-0.15, -0.1) is 11.3 Å². The molecule has 1 aromatic rings. The van der Waals surface area contributed by atoms with Gasteiger partial charge in [-0.3, -0.25) is 0 Å². The smallest absolute Gasteiger partial charge is 0.252 e. The molecule has 1 aliphatic rings. The van der Waals surface area contributed by atoms with Gasteiger partial charge in [-0.1, -0.05) is 0 Å². The molecular formula is C13H22N2O3S2. The summed E-state index contributed by atoms with van der Waals surface area (Å²) in [5.41, 5.74) is 0.847. The molecule has 0 bridgehead atoms. The van der Waals surface area contributed by atoms with Crippen molar-refractivity contribution in [3.63, 3.8) is 0 Å². The van der Waals surface area contributed by atoms with Crippen molar-refractivity contribution in [3.8, 4) is 0 Å². The van der Waals surface area contributed by atoms with Gasteiger partial charge in [0, 0.05) is 24.0 Å². The maximum atomic E-state index is 12.7. The van der Waals surface area contributed by atoms with Gasteiger partial charge in [-0.2, -0.15) is 4.31 Å². The second-order valence-electron chi connectivity index (χ2n) is 5.50. The lowest BCUT2D eigenvalue weighted by Crippen LogP contribution is -2.40. The zero-order valence-electron chi connectivity index (χ0n) is 12.2. The summed E-state index contributed by atoms with van der Waals surface area (Å²) >= 11 is 1.18. The lowest BCUT2D eigenvalue weighted by molar-refractivity contribution is 0.285. The summed E-state index contributed by atoms with van der Waals surface area (Å²) in [5, 5.41) is 9.23. The predicted molar refractivity (Wildman–Crippen MR) is 80.4 cm³/mol. The first kappa shape index (κ1) is 15.9. The Bertz CT molecular complexity index is 566. The van der Waals surface area contributed by atoms with Gasteiger partial charge < -0.3 is 10.0 Å². The van der Waals surface area contributed by atoms with E-state index in [2.05, 4.69) is 0 Å². The highest BCUT2D eigenvalue weighted by Crippen LogP contribution is 2.32. The zero-order chi connectivity index (χ0) is 14.9. The molecule has 2 heterocycles. The molecule has 0 aliphatic carbocycles. The molecule has 20 heavy (non-hydrogen) atoms. The molecule has 114 valence electrons. The highest BCUT2D eigenvalue weighted by Gasteiger charge is 2.36. The Morgan fingerprint density at radius 3 is 2.75 bits per heavy atom. The van der Waals surface area contributed by atoms with Gasteiger partial charge in [0.2, 0.25) is 0 Å². The standard InChI is InChI=1S/C13H22N2O3S2/c1-10-7-13(19-12(10)9-16)20(17,18)15-6-4-5-11(15)8-14(2)3/h7,11,16H,4-6,8-9H2,1-3H3. The van der Waals surface area contributed by atoms with Gasteiger partial charge in [0.15, 0.2) is 0 Å². The van der Waals surface area contributed by atoms with Crippen LogP contribution < -0.4 is 0 Å². The summed E-state index contributed by atoms with van der Waals surface area (Å²) in [6.07, 6.45) is 1.82. The predicted octanol–water partition coefficient (Wildman–Crippen LogP) is 1.26. The van der Waals surface area contributed by atoms with Crippen molar-refractivity contribution < 1.29 is 13.5 Å². The molecule has 7 heteroatoms. The molecule has 1 aromatic heterocycles. The Labute approximate surface area is 124 Å². The number of nitrogens with zero attached hydrogens (tertiary/aromatic N) is 2. The monoisotopic (exact) mass is 318 g/mol. The van der Waals surface area contributed by atoms with Gasteiger partial charge in [0.25, 0.3) is 10.0 Å². The quantitative estimate of drug-likeness (QED) is 0.888. The molecule has 0 spiro atoms. The Morgan fingerprint density at radius 1 is 1.50 bits per heavy atom. The highest BCUT2D eigenvalue weighted by molar-refractivity contribution is 7.91. The van der Waals surface area contributed by atoms with Crippen molar-refractivity contribution in [2.24, 2.45) is 0 Å². The third kappa shape index (κ3) is 3.07. The second-order valence-corrected chi connectivity index (χ2v) is 8.76. The summed E-state index contributed by atoms with van der Waals surface area (Å²) in [4.78, 5) is 2.75. The van der Waals surface area contributed by atoms with Crippen LogP contribution in [-0.4, -0.2) is 56.0 Å². The molecule has 1 aliphatic heterocycles. The molecule has 1 atom stereocenters. The van der Waals surface area contributed by atoms with Crippen LogP contribution >= 0.6 is 11.3 Å². The first-order valence-electron chi connectivity index (χ1n) is 6.73. The maximum Gasteiger partial charge on any atom is 0.252 e. The topological polar surface area (TPSA) is 60.9 Å². The van der Waals surface area contributed by atoms with E-state index in [9.17, 15) is 13.5 Å². The average Bonchev–Trinajstić information content (AvgIpc) is 2.95. The fourth-order valence-corrected chi connectivity index (χ4v) is 5.88. The molecule has 1 fully saturated rings. The fraction of sp³-hybridized carbons (Fsp3) is 0.692. The van der Waals surface area contributed by atoms with Gasteiger partial charge in [0.1, 0.15) is 4.21 Å². The number of hydrogen-bond acceptors (Lipinski definition) is 5. The van der Waals surface area contributed by atoms with E-state index < -0.39 is 10.0 Å². The van der Waals surface area contributed by atoms with E-state index in [4.69, 9.17) is 0 Å². The van der Waals surface area contributed by atoms with Crippen molar-refractivity contribution in [3.05, 3.63) is 16.5 Å². The Kier molecular flexibility index (Phi) is 4.86. The van der Waals surface area contributed by atoms with E-state index in [0.717, 1.165) is 29.8 Å². The summed E-state index contributed by atoms with van der Waals surface area (Å²) < 4.78 is 27.5. The fourth-order valence-electron chi connectivity index (χ4n) is 2.62. The van der Waals surface area contributed by atoms with Crippen molar-refractivity contribution in [2.75, 3.05) is 27.2 Å². The van der Waals surface area contributed by atoms with Crippen LogP contribution in [-0.2, 0) is 16.6 Å². The maximum absolute atomic E-state index is 12.7. The van der Waals surface area contributed by atoms with Gasteiger partial charge in [-0.25, -0.2) is 8.42 Å². The number of aliphatic hydroxyl groups is 1. The number of aliphatic hydroxyl groups excluding tert-OH is 1. The lowest BCUT2D eigenvalue weighted by atomic mass is 10.2. The lowest BCUT2D eigenvalue weighted by Gasteiger charge is -2.25. The van der Waals surface area contributed by atoms with Gasteiger partial charge >= 0.3 is 0 Å². The minimum Gasteiger partial charge on any atom is -0.391 e. The molecule has 2 rings (SSSR count). The molecule has 0 radical (unpaired) electrons. The van der Waals surface area contributed by atoms with Gasteiger partial charge in [0.05, 0.1) is 6.61 Å². The van der Waals surface area contributed by atoms with E-state index in [-0.39, 0.29) is 12.6 Å². The van der Waals surface area contributed by atoms with E-state index in [0.29, 0.717) is 10.8 Å². The normalized spacial score (nSPS) is 20.9. The number of hydrogen-bond donors (Lipinski definition) is 1. The van der Waals surface area contributed by atoms with Crippen LogP contribution in [0.3, 0.4) is 0 Å². The minimum absolute atomic E-state index is 0.0509. The largest absolute Gasteiger partial charge is 0.391 e.